The molecule has 0 fully saturated rings. The van der Waals surface area contributed by atoms with Crippen LogP contribution in [-0.2, 0) is 6.18 Å². The molecule has 2 nitrogen and oxygen atoms in total. The van der Waals surface area contributed by atoms with Gasteiger partial charge in [-0.1, -0.05) is 11.6 Å². The van der Waals surface area contributed by atoms with Gasteiger partial charge in [0, 0.05) is 10.4 Å². The van der Waals surface area contributed by atoms with Gasteiger partial charge in [-0.2, -0.15) is 13.2 Å². The predicted octanol–water partition coefficient (Wildman–Crippen LogP) is 5.71. The number of hydrogen-bond acceptors (Lipinski definition) is 3. The maximum atomic E-state index is 12.7. The van der Waals surface area contributed by atoms with E-state index in [-0.39, 0.29) is 11.0 Å². The van der Waals surface area contributed by atoms with Gasteiger partial charge in [0.05, 0.1) is 5.56 Å². The Morgan fingerprint density at radius 2 is 1.90 bits per heavy atom. The second-order valence-corrected chi connectivity index (χ2v) is 5.69. The lowest BCUT2D eigenvalue weighted by atomic mass is 10.2. The summed E-state index contributed by atoms with van der Waals surface area (Å²) in [5, 5.41) is 5.61. The van der Waals surface area contributed by atoms with Crippen LogP contribution in [0.2, 0.25) is 5.15 Å². The van der Waals surface area contributed by atoms with E-state index in [0.29, 0.717) is 5.69 Å². The smallest absolute Gasteiger partial charge is 0.340 e. The molecule has 3 aromatic rings. The molecule has 0 saturated heterocycles. The average Bonchev–Trinajstić information content (AvgIpc) is 2.84. The van der Waals surface area contributed by atoms with Crippen molar-refractivity contribution in [2.75, 3.05) is 5.32 Å². The number of alkyl halides is 3. The van der Waals surface area contributed by atoms with Gasteiger partial charge in [-0.15, -0.1) is 11.3 Å². The summed E-state index contributed by atoms with van der Waals surface area (Å²) in [6.07, 6.45) is -4.46. The Kier molecular flexibility index (Phi) is 3.51. The number of benzene rings is 1. The fraction of sp³-hybridized carbons (Fsp3) is 0.0714. The van der Waals surface area contributed by atoms with Gasteiger partial charge in [0.25, 0.3) is 0 Å². The van der Waals surface area contributed by atoms with Crippen molar-refractivity contribution < 1.29 is 13.2 Å². The third kappa shape index (κ3) is 3.11. The van der Waals surface area contributed by atoms with Crippen LogP contribution in [-0.4, -0.2) is 4.98 Å². The number of hydrogen-bond donors (Lipinski definition) is 1. The van der Waals surface area contributed by atoms with E-state index in [1.54, 1.807) is 17.4 Å². The molecule has 0 bridgehead atoms. The van der Waals surface area contributed by atoms with Crippen LogP contribution >= 0.6 is 22.9 Å². The van der Waals surface area contributed by atoms with Crippen LogP contribution in [0.1, 0.15) is 5.56 Å². The minimum absolute atomic E-state index is 0.0596. The molecule has 0 aliphatic rings. The van der Waals surface area contributed by atoms with Gasteiger partial charge in [0.2, 0.25) is 0 Å². The van der Waals surface area contributed by atoms with Gasteiger partial charge in [-0.3, -0.25) is 0 Å². The Morgan fingerprint density at radius 1 is 1.10 bits per heavy atom. The van der Waals surface area contributed by atoms with Crippen molar-refractivity contribution in [1.29, 1.82) is 0 Å². The van der Waals surface area contributed by atoms with Crippen LogP contribution in [0.4, 0.5) is 24.7 Å². The van der Waals surface area contributed by atoms with E-state index in [1.165, 1.54) is 0 Å². The number of nitrogens with one attached hydrogen (secondary N) is 1. The summed E-state index contributed by atoms with van der Waals surface area (Å²) in [4.78, 5) is 3.87. The van der Waals surface area contributed by atoms with E-state index < -0.39 is 11.7 Å². The molecule has 2 aromatic heterocycles. The number of nitrogens with zero attached hydrogens (tertiary/aromatic N) is 1. The van der Waals surface area contributed by atoms with Crippen molar-refractivity contribution in [3.63, 3.8) is 0 Å². The molecule has 3 rings (SSSR count). The molecule has 7 heteroatoms. The van der Waals surface area contributed by atoms with E-state index in [9.17, 15) is 13.2 Å². The van der Waals surface area contributed by atoms with E-state index >= 15 is 0 Å². The number of rotatable bonds is 2. The molecule has 0 radical (unpaired) electrons. The number of anilines is 2. The first-order valence-corrected chi connectivity index (χ1v) is 7.17. The number of pyridine rings is 1. The second-order valence-electron chi connectivity index (χ2n) is 4.36. The lowest BCUT2D eigenvalue weighted by Crippen LogP contribution is -2.06. The topological polar surface area (TPSA) is 24.9 Å². The number of aromatic nitrogens is 1. The summed E-state index contributed by atoms with van der Waals surface area (Å²) in [7, 11) is 0. The van der Waals surface area contributed by atoms with Crippen LogP contribution < -0.4 is 5.32 Å². The van der Waals surface area contributed by atoms with Gasteiger partial charge in [0.1, 0.15) is 11.0 Å². The molecule has 0 aliphatic carbocycles. The number of halogens is 4. The summed E-state index contributed by atoms with van der Waals surface area (Å²) in [5.74, 6) is 0.0596. The first-order chi connectivity index (χ1) is 9.91. The maximum absolute atomic E-state index is 12.7. The Morgan fingerprint density at radius 3 is 2.67 bits per heavy atom. The highest BCUT2D eigenvalue weighted by molar-refractivity contribution is 7.17. The van der Waals surface area contributed by atoms with Crippen molar-refractivity contribution in [3.05, 3.63) is 52.5 Å². The molecule has 0 saturated carbocycles. The Hall–Kier alpha value is -1.79. The molecule has 108 valence electrons. The molecule has 21 heavy (non-hydrogen) atoms. The largest absolute Gasteiger partial charge is 0.416 e. The first kappa shape index (κ1) is 14.2. The van der Waals surface area contributed by atoms with E-state index in [0.717, 1.165) is 22.2 Å². The third-order valence-corrected chi connectivity index (χ3v) is 3.94. The van der Waals surface area contributed by atoms with Crippen LogP contribution in [0, 0.1) is 0 Å². The highest BCUT2D eigenvalue weighted by Gasteiger charge is 2.31. The zero-order valence-corrected chi connectivity index (χ0v) is 12.0. The molecule has 0 aliphatic heterocycles. The summed E-state index contributed by atoms with van der Waals surface area (Å²) in [5.41, 5.74) is -0.176. The van der Waals surface area contributed by atoms with Crippen LogP contribution in [0.5, 0.6) is 0 Å². The highest BCUT2D eigenvalue weighted by atomic mass is 35.5. The summed E-state index contributed by atoms with van der Waals surface area (Å²) in [6.45, 7) is 0. The Labute approximate surface area is 127 Å². The fourth-order valence-corrected chi connectivity index (χ4v) is 2.90. The molecule has 1 N–H and O–H groups in total. The number of fused-ring (bicyclic) bond motifs is 1. The van der Waals surface area contributed by atoms with Gasteiger partial charge >= 0.3 is 6.18 Å². The van der Waals surface area contributed by atoms with Gasteiger partial charge in [-0.25, -0.2) is 4.98 Å². The molecule has 0 amide bonds. The van der Waals surface area contributed by atoms with Crippen LogP contribution in [0.25, 0.3) is 10.1 Å². The SMILES string of the molecule is FC(F)(F)c1cc(Cl)nc(Nc2ccc3sccc3c2)c1. The molecule has 0 spiro atoms. The molecule has 0 unspecified atom stereocenters. The Bertz CT molecular complexity index is 798. The van der Waals surface area contributed by atoms with E-state index in [1.807, 2.05) is 23.6 Å². The predicted molar refractivity (Wildman–Crippen MR) is 79.4 cm³/mol. The average molecular weight is 329 g/mol. The van der Waals surface area contributed by atoms with Crippen LogP contribution in [0.15, 0.2) is 41.8 Å². The van der Waals surface area contributed by atoms with Crippen LogP contribution in [0.3, 0.4) is 0 Å². The minimum Gasteiger partial charge on any atom is -0.340 e. The van der Waals surface area contributed by atoms with E-state index in [4.69, 9.17) is 11.6 Å². The molecular formula is C14H8ClF3N2S. The summed E-state index contributed by atoms with van der Waals surface area (Å²) >= 11 is 7.25. The lowest BCUT2D eigenvalue weighted by Gasteiger charge is -2.11. The normalized spacial score (nSPS) is 11.8. The van der Waals surface area contributed by atoms with Gasteiger partial charge in [-0.05, 0) is 47.2 Å². The first-order valence-electron chi connectivity index (χ1n) is 5.91. The minimum atomic E-state index is -4.46. The molecule has 1 aromatic carbocycles. The third-order valence-electron chi connectivity index (χ3n) is 2.85. The van der Waals surface area contributed by atoms with Crippen molar-refractivity contribution in [1.82, 2.24) is 4.98 Å². The molecular weight excluding hydrogens is 321 g/mol. The van der Waals surface area contributed by atoms with Gasteiger partial charge in [0.15, 0.2) is 0 Å². The van der Waals surface area contributed by atoms with Crippen molar-refractivity contribution in [2.24, 2.45) is 0 Å². The Balaban J connectivity index is 1.95. The summed E-state index contributed by atoms with van der Waals surface area (Å²) in [6, 6.07) is 9.21. The number of thiophene rings is 1. The molecule has 0 atom stereocenters. The van der Waals surface area contributed by atoms with Gasteiger partial charge < -0.3 is 5.32 Å². The fourth-order valence-electron chi connectivity index (χ4n) is 1.92. The zero-order chi connectivity index (χ0) is 15.0. The monoisotopic (exact) mass is 328 g/mol. The summed E-state index contributed by atoms with van der Waals surface area (Å²) < 4.78 is 39.3. The zero-order valence-electron chi connectivity index (χ0n) is 10.4. The van der Waals surface area contributed by atoms with Crippen molar-refractivity contribution in [3.8, 4) is 0 Å². The quantitative estimate of drug-likeness (QED) is 0.609. The molecule has 2 heterocycles. The standard InChI is InChI=1S/C14H8ClF3N2S/c15-12-6-9(14(16,17)18)7-13(20-12)19-10-1-2-11-8(5-10)3-4-21-11/h1-7H,(H,19,20). The van der Waals surface area contributed by atoms with Crippen molar-refractivity contribution >= 4 is 44.5 Å². The highest BCUT2D eigenvalue weighted by Crippen LogP contribution is 2.33. The van der Waals surface area contributed by atoms with E-state index in [2.05, 4.69) is 10.3 Å². The lowest BCUT2D eigenvalue weighted by molar-refractivity contribution is -0.137. The second kappa shape index (κ2) is 5.20. The van der Waals surface area contributed by atoms with Crippen molar-refractivity contribution in [2.45, 2.75) is 6.18 Å². The maximum Gasteiger partial charge on any atom is 0.416 e.